The van der Waals surface area contributed by atoms with Gasteiger partial charge in [-0.25, -0.2) is 9.37 Å². The van der Waals surface area contributed by atoms with Crippen LogP contribution in [0.2, 0.25) is 0 Å². The Balaban J connectivity index is 1.27. The lowest BCUT2D eigenvalue weighted by Crippen LogP contribution is -2.62. The van der Waals surface area contributed by atoms with Gasteiger partial charge in [-0.15, -0.1) is 0 Å². The Bertz CT molecular complexity index is 1610. The number of nitrogens with zero attached hydrogens (tertiary/aromatic N) is 3. The SMILES string of the molecule is CC[C@H](C(=O)N1CCN(C(=O)c2cc3nc(-c4ccc(F)cc4)cc(C4(C)CC4)c3o2)C(C)(C)C1)c1ccccc1. The van der Waals surface area contributed by atoms with Crippen LogP contribution in [0.15, 0.2) is 71.1 Å². The summed E-state index contributed by atoms with van der Waals surface area (Å²) in [7, 11) is 0. The molecule has 0 unspecified atom stereocenters. The van der Waals surface area contributed by atoms with E-state index in [4.69, 9.17) is 9.40 Å². The number of hydrogen-bond acceptors (Lipinski definition) is 4. The van der Waals surface area contributed by atoms with E-state index in [1.165, 1.54) is 12.1 Å². The summed E-state index contributed by atoms with van der Waals surface area (Å²) < 4.78 is 19.8. The molecule has 2 aromatic heterocycles. The second-order valence-electron chi connectivity index (χ2n) is 12.3. The number of pyridine rings is 1. The zero-order valence-corrected chi connectivity index (χ0v) is 24.1. The number of carbonyl (C=O) groups is 2. The zero-order valence-electron chi connectivity index (χ0n) is 24.1. The molecule has 0 bridgehead atoms. The van der Waals surface area contributed by atoms with Crippen LogP contribution < -0.4 is 0 Å². The quantitative estimate of drug-likeness (QED) is 0.259. The highest BCUT2D eigenvalue weighted by atomic mass is 19.1. The zero-order chi connectivity index (χ0) is 28.9. The third kappa shape index (κ3) is 5.03. The average molecular weight is 554 g/mol. The van der Waals surface area contributed by atoms with Gasteiger partial charge >= 0.3 is 0 Å². The molecule has 6 rings (SSSR count). The lowest BCUT2D eigenvalue weighted by atomic mass is 9.92. The maximum absolute atomic E-state index is 13.9. The van der Waals surface area contributed by atoms with E-state index in [1.54, 1.807) is 18.2 Å². The molecule has 0 N–H and O–H groups in total. The molecular weight excluding hydrogens is 517 g/mol. The van der Waals surface area contributed by atoms with Gasteiger partial charge in [0.15, 0.2) is 11.3 Å². The molecule has 4 aromatic rings. The standard InChI is InChI=1S/C34H36FN3O3/c1-5-25(22-9-7-6-8-10-22)31(39)37-17-18-38(33(2,3)21-37)32(40)29-20-28-30(41-29)26(34(4)15-16-34)19-27(36-28)23-11-13-24(35)14-12-23/h6-14,19-20,25H,5,15-18,21H2,1-4H3/t25-/m0/s1. The minimum atomic E-state index is -0.586. The maximum atomic E-state index is 13.9. The molecule has 2 aromatic carbocycles. The summed E-state index contributed by atoms with van der Waals surface area (Å²) in [6.07, 6.45) is 2.78. The van der Waals surface area contributed by atoms with Crippen molar-refractivity contribution in [1.82, 2.24) is 14.8 Å². The molecule has 2 amide bonds. The predicted molar refractivity (Wildman–Crippen MR) is 157 cm³/mol. The summed E-state index contributed by atoms with van der Waals surface area (Å²) in [5.74, 6) is -0.353. The van der Waals surface area contributed by atoms with E-state index in [9.17, 15) is 14.0 Å². The number of fused-ring (bicyclic) bond motifs is 1. The van der Waals surface area contributed by atoms with Crippen molar-refractivity contribution in [3.8, 4) is 11.3 Å². The number of carbonyl (C=O) groups excluding carboxylic acids is 2. The number of furan rings is 1. The summed E-state index contributed by atoms with van der Waals surface area (Å²) >= 11 is 0. The number of hydrogen-bond donors (Lipinski definition) is 0. The van der Waals surface area contributed by atoms with Crippen LogP contribution in [0.4, 0.5) is 4.39 Å². The molecule has 1 aliphatic heterocycles. The third-order valence-electron chi connectivity index (χ3n) is 8.85. The number of halogens is 1. The Morgan fingerprint density at radius 3 is 2.34 bits per heavy atom. The van der Waals surface area contributed by atoms with Crippen LogP contribution in [-0.4, -0.2) is 51.8 Å². The highest BCUT2D eigenvalue weighted by molar-refractivity contribution is 5.97. The van der Waals surface area contributed by atoms with Crippen LogP contribution in [0.25, 0.3) is 22.4 Å². The molecule has 1 aliphatic carbocycles. The molecule has 3 heterocycles. The van der Waals surface area contributed by atoms with Crippen molar-refractivity contribution < 1.29 is 18.4 Å². The summed E-state index contributed by atoms with van der Waals surface area (Å²) in [6.45, 7) is 9.55. The first kappa shape index (κ1) is 27.2. The second kappa shape index (κ2) is 10.1. The summed E-state index contributed by atoms with van der Waals surface area (Å²) in [5.41, 5.74) is 4.24. The predicted octanol–water partition coefficient (Wildman–Crippen LogP) is 6.94. The Hall–Kier alpha value is -4.00. The summed E-state index contributed by atoms with van der Waals surface area (Å²) in [4.78, 5) is 36.0. The molecule has 0 spiro atoms. The van der Waals surface area contributed by atoms with E-state index < -0.39 is 5.54 Å². The molecule has 1 saturated heterocycles. The largest absolute Gasteiger partial charge is 0.449 e. The van der Waals surface area contributed by atoms with E-state index >= 15 is 0 Å². The first-order chi connectivity index (χ1) is 19.6. The maximum Gasteiger partial charge on any atom is 0.290 e. The number of piperazine rings is 1. The minimum absolute atomic E-state index is 0.0338. The van der Waals surface area contributed by atoms with Gasteiger partial charge < -0.3 is 14.2 Å². The second-order valence-corrected chi connectivity index (χ2v) is 12.3. The van der Waals surface area contributed by atoms with E-state index in [2.05, 4.69) is 6.92 Å². The van der Waals surface area contributed by atoms with Crippen molar-refractivity contribution in [3.63, 3.8) is 0 Å². The van der Waals surface area contributed by atoms with Crippen molar-refractivity contribution in [3.05, 3.63) is 89.4 Å². The number of rotatable bonds is 6. The van der Waals surface area contributed by atoms with Gasteiger partial charge in [0.05, 0.1) is 17.2 Å². The molecule has 2 aliphatic rings. The smallest absolute Gasteiger partial charge is 0.290 e. The van der Waals surface area contributed by atoms with Crippen LogP contribution >= 0.6 is 0 Å². The van der Waals surface area contributed by atoms with Crippen LogP contribution in [0.1, 0.15) is 74.6 Å². The van der Waals surface area contributed by atoms with Gasteiger partial charge in [0.25, 0.3) is 5.91 Å². The van der Waals surface area contributed by atoms with Crippen LogP contribution in [-0.2, 0) is 10.2 Å². The van der Waals surface area contributed by atoms with Crippen LogP contribution in [0, 0.1) is 5.82 Å². The topological polar surface area (TPSA) is 66.7 Å². The molecular formula is C34H36FN3O3. The van der Waals surface area contributed by atoms with Crippen molar-refractivity contribution in [2.75, 3.05) is 19.6 Å². The lowest BCUT2D eigenvalue weighted by molar-refractivity contribution is -0.137. The van der Waals surface area contributed by atoms with Gasteiger partial charge in [0.2, 0.25) is 5.91 Å². The van der Waals surface area contributed by atoms with Gasteiger partial charge in [-0.05, 0) is 74.4 Å². The first-order valence-electron chi connectivity index (χ1n) is 14.5. The summed E-state index contributed by atoms with van der Waals surface area (Å²) in [6, 6.07) is 19.9. The van der Waals surface area contributed by atoms with E-state index in [0.29, 0.717) is 30.7 Å². The summed E-state index contributed by atoms with van der Waals surface area (Å²) in [5, 5.41) is 0. The molecule has 7 heteroatoms. The Morgan fingerprint density at radius 2 is 1.71 bits per heavy atom. The van der Waals surface area contributed by atoms with Crippen molar-refractivity contribution in [2.45, 2.75) is 63.8 Å². The fraction of sp³-hybridized carbons (Fsp3) is 0.382. The van der Waals surface area contributed by atoms with Gasteiger partial charge in [0.1, 0.15) is 11.3 Å². The molecule has 2 fully saturated rings. The number of aromatic nitrogens is 1. The number of amides is 2. The third-order valence-corrected chi connectivity index (χ3v) is 8.85. The number of benzene rings is 2. The Morgan fingerprint density at radius 1 is 1.00 bits per heavy atom. The normalized spacial score (nSPS) is 18.4. The molecule has 41 heavy (non-hydrogen) atoms. The molecule has 0 radical (unpaired) electrons. The average Bonchev–Trinajstić information content (AvgIpc) is 3.56. The van der Waals surface area contributed by atoms with Gasteiger partial charge in [-0.3, -0.25) is 9.59 Å². The Kier molecular flexibility index (Phi) is 6.71. The van der Waals surface area contributed by atoms with Crippen LogP contribution in [0.5, 0.6) is 0 Å². The highest BCUT2D eigenvalue weighted by Crippen LogP contribution is 2.50. The molecule has 6 nitrogen and oxygen atoms in total. The van der Waals surface area contributed by atoms with Gasteiger partial charge in [-0.1, -0.05) is 44.2 Å². The van der Waals surface area contributed by atoms with Crippen LogP contribution in [0.3, 0.4) is 0 Å². The van der Waals surface area contributed by atoms with E-state index in [-0.39, 0.29) is 34.7 Å². The fourth-order valence-corrected chi connectivity index (χ4v) is 6.11. The minimum Gasteiger partial charge on any atom is -0.449 e. The van der Waals surface area contributed by atoms with E-state index in [1.807, 2.05) is 67.0 Å². The van der Waals surface area contributed by atoms with Crippen molar-refractivity contribution in [2.24, 2.45) is 0 Å². The fourth-order valence-electron chi connectivity index (χ4n) is 6.11. The van der Waals surface area contributed by atoms with E-state index in [0.717, 1.165) is 41.6 Å². The monoisotopic (exact) mass is 553 g/mol. The molecule has 212 valence electrons. The Labute approximate surface area is 240 Å². The first-order valence-corrected chi connectivity index (χ1v) is 14.5. The van der Waals surface area contributed by atoms with Gasteiger partial charge in [0, 0.05) is 36.8 Å². The van der Waals surface area contributed by atoms with Gasteiger partial charge in [-0.2, -0.15) is 0 Å². The highest BCUT2D eigenvalue weighted by Gasteiger charge is 2.43. The van der Waals surface area contributed by atoms with Crippen molar-refractivity contribution in [1.29, 1.82) is 0 Å². The molecule has 1 atom stereocenters. The molecule has 1 saturated carbocycles. The lowest BCUT2D eigenvalue weighted by Gasteiger charge is -2.47. The van der Waals surface area contributed by atoms with Crippen molar-refractivity contribution >= 4 is 22.9 Å².